The molecule has 0 radical (unpaired) electrons. The first-order valence-corrected chi connectivity index (χ1v) is 5.77. The Morgan fingerprint density at radius 2 is 1.85 bits per heavy atom. The van der Waals surface area contributed by atoms with Gasteiger partial charge in [0.1, 0.15) is 11.5 Å². The van der Waals surface area contributed by atoms with Gasteiger partial charge >= 0.3 is 5.97 Å². The highest BCUT2D eigenvalue weighted by molar-refractivity contribution is 5.70. The van der Waals surface area contributed by atoms with Crippen molar-refractivity contribution in [2.24, 2.45) is 0 Å². The first-order valence-electron chi connectivity index (χ1n) is 5.77. The van der Waals surface area contributed by atoms with Crippen molar-refractivity contribution >= 4 is 11.7 Å². The minimum atomic E-state index is -0.905. The summed E-state index contributed by atoms with van der Waals surface area (Å²) in [6.45, 7) is 0. The third-order valence-corrected chi connectivity index (χ3v) is 2.54. The number of nitro benzene ring substituents is 1. The molecule has 0 amide bonds. The molecule has 0 heterocycles. The molecule has 2 aromatic carbocycles. The highest BCUT2D eigenvalue weighted by atomic mass is 16.6. The first kappa shape index (κ1) is 13.5. The molecule has 0 atom stereocenters. The SMILES string of the molecule is O=C(O)Cc1ccc(Oc2cccc([N+](=O)[O-])c2)cc1. The standard InChI is InChI=1S/C14H11NO5/c16-14(17)8-10-4-6-12(7-5-10)20-13-3-1-2-11(9-13)15(18)19/h1-7,9H,8H2,(H,16,17). The Hall–Kier alpha value is -2.89. The fourth-order valence-corrected chi connectivity index (χ4v) is 1.65. The van der Waals surface area contributed by atoms with Gasteiger partial charge in [-0.25, -0.2) is 0 Å². The zero-order chi connectivity index (χ0) is 14.5. The van der Waals surface area contributed by atoms with Crippen LogP contribution in [-0.4, -0.2) is 16.0 Å². The fourth-order valence-electron chi connectivity index (χ4n) is 1.65. The normalized spacial score (nSPS) is 10.0. The molecule has 2 aromatic rings. The van der Waals surface area contributed by atoms with Crippen LogP contribution in [0.25, 0.3) is 0 Å². The van der Waals surface area contributed by atoms with Crippen molar-refractivity contribution in [1.29, 1.82) is 0 Å². The first-order chi connectivity index (χ1) is 9.54. The number of nitrogens with zero attached hydrogens (tertiary/aromatic N) is 1. The van der Waals surface area contributed by atoms with Crippen LogP contribution in [0.15, 0.2) is 48.5 Å². The molecule has 2 rings (SSSR count). The Kier molecular flexibility index (Phi) is 3.95. The lowest BCUT2D eigenvalue weighted by atomic mass is 10.1. The Balaban J connectivity index is 2.11. The molecule has 1 N–H and O–H groups in total. The van der Waals surface area contributed by atoms with E-state index in [4.69, 9.17) is 9.84 Å². The zero-order valence-electron chi connectivity index (χ0n) is 10.4. The average Bonchev–Trinajstić information content (AvgIpc) is 2.41. The zero-order valence-corrected chi connectivity index (χ0v) is 10.4. The lowest BCUT2D eigenvalue weighted by Gasteiger charge is -2.06. The van der Waals surface area contributed by atoms with Gasteiger partial charge in [-0.05, 0) is 23.8 Å². The number of ether oxygens (including phenoxy) is 1. The summed E-state index contributed by atoms with van der Waals surface area (Å²) in [6.07, 6.45) is -0.0584. The van der Waals surface area contributed by atoms with Crippen LogP contribution in [-0.2, 0) is 11.2 Å². The van der Waals surface area contributed by atoms with Gasteiger partial charge in [0.2, 0.25) is 0 Å². The van der Waals surface area contributed by atoms with Gasteiger partial charge < -0.3 is 9.84 Å². The fraction of sp³-hybridized carbons (Fsp3) is 0.0714. The molecule has 0 spiro atoms. The number of nitro groups is 1. The van der Waals surface area contributed by atoms with Gasteiger partial charge in [-0.3, -0.25) is 14.9 Å². The summed E-state index contributed by atoms with van der Waals surface area (Å²) in [5.74, 6) is -0.0674. The molecule has 0 fully saturated rings. The van der Waals surface area contributed by atoms with Gasteiger partial charge in [0.05, 0.1) is 17.4 Å². The van der Waals surface area contributed by atoms with E-state index in [1.807, 2.05) is 0 Å². The van der Waals surface area contributed by atoms with E-state index in [2.05, 4.69) is 0 Å². The number of carboxylic acid groups (broad SMARTS) is 1. The topological polar surface area (TPSA) is 89.7 Å². The van der Waals surface area contributed by atoms with Crippen molar-refractivity contribution < 1.29 is 19.6 Å². The van der Waals surface area contributed by atoms with Crippen LogP contribution in [0, 0.1) is 10.1 Å². The summed E-state index contributed by atoms with van der Waals surface area (Å²) < 4.78 is 5.48. The third kappa shape index (κ3) is 3.55. The summed E-state index contributed by atoms with van der Waals surface area (Å²) in [5, 5.41) is 19.3. The summed E-state index contributed by atoms with van der Waals surface area (Å²) in [5.41, 5.74) is 0.605. The predicted octanol–water partition coefficient (Wildman–Crippen LogP) is 3.01. The Labute approximate surface area is 114 Å². The smallest absolute Gasteiger partial charge is 0.307 e. The van der Waals surface area contributed by atoms with E-state index in [-0.39, 0.29) is 12.1 Å². The lowest BCUT2D eigenvalue weighted by Crippen LogP contribution is -1.99. The maximum absolute atomic E-state index is 10.6. The molecule has 0 unspecified atom stereocenters. The molecular formula is C14H11NO5. The number of hydrogen-bond donors (Lipinski definition) is 1. The van der Waals surface area contributed by atoms with Gasteiger partial charge in [-0.1, -0.05) is 18.2 Å². The number of rotatable bonds is 5. The van der Waals surface area contributed by atoms with Crippen LogP contribution in [0.4, 0.5) is 5.69 Å². The van der Waals surface area contributed by atoms with Crippen LogP contribution in [0.1, 0.15) is 5.56 Å². The molecule has 6 heteroatoms. The molecule has 0 aromatic heterocycles. The number of benzene rings is 2. The van der Waals surface area contributed by atoms with Crippen LogP contribution in [0.5, 0.6) is 11.5 Å². The molecular weight excluding hydrogens is 262 g/mol. The lowest BCUT2D eigenvalue weighted by molar-refractivity contribution is -0.384. The van der Waals surface area contributed by atoms with Crippen molar-refractivity contribution in [3.63, 3.8) is 0 Å². The maximum Gasteiger partial charge on any atom is 0.307 e. The van der Waals surface area contributed by atoms with Crippen LogP contribution < -0.4 is 4.74 Å². The summed E-state index contributed by atoms with van der Waals surface area (Å²) in [7, 11) is 0. The van der Waals surface area contributed by atoms with Crippen molar-refractivity contribution in [2.75, 3.05) is 0 Å². The number of aliphatic carboxylic acids is 1. The van der Waals surface area contributed by atoms with Gasteiger partial charge in [-0.15, -0.1) is 0 Å². The van der Waals surface area contributed by atoms with E-state index in [0.717, 1.165) is 0 Å². The highest BCUT2D eigenvalue weighted by Crippen LogP contribution is 2.25. The summed E-state index contributed by atoms with van der Waals surface area (Å²) in [4.78, 5) is 20.7. The van der Waals surface area contributed by atoms with E-state index in [9.17, 15) is 14.9 Å². The van der Waals surface area contributed by atoms with E-state index in [1.165, 1.54) is 18.2 Å². The molecule has 0 aliphatic carbocycles. The van der Waals surface area contributed by atoms with Gasteiger partial charge in [-0.2, -0.15) is 0 Å². The number of non-ortho nitro benzene ring substituents is 1. The van der Waals surface area contributed by atoms with Crippen LogP contribution in [0.2, 0.25) is 0 Å². The van der Waals surface area contributed by atoms with E-state index < -0.39 is 10.9 Å². The molecule has 0 aliphatic rings. The van der Waals surface area contributed by atoms with Crippen LogP contribution in [0.3, 0.4) is 0 Å². The van der Waals surface area contributed by atoms with E-state index in [0.29, 0.717) is 17.1 Å². The monoisotopic (exact) mass is 273 g/mol. The van der Waals surface area contributed by atoms with Gasteiger partial charge in [0, 0.05) is 6.07 Å². The molecule has 0 bridgehead atoms. The van der Waals surface area contributed by atoms with E-state index in [1.54, 1.807) is 30.3 Å². The summed E-state index contributed by atoms with van der Waals surface area (Å²) >= 11 is 0. The van der Waals surface area contributed by atoms with Crippen LogP contribution >= 0.6 is 0 Å². The second kappa shape index (κ2) is 5.83. The molecule has 0 aliphatic heterocycles. The largest absolute Gasteiger partial charge is 0.481 e. The molecule has 6 nitrogen and oxygen atoms in total. The maximum atomic E-state index is 10.6. The van der Waals surface area contributed by atoms with Crippen molar-refractivity contribution in [3.8, 4) is 11.5 Å². The van der Waals surface area contributed by atoms with Crippen molar-refractivity contribution in [3.05, 3.63) is 64.2 Å². The van der Waals surface area contributed by atoms with Crippen molar-refractivity contribution in [1.82, 2.24) is 0 Å². The predicted molar refractivity (Wildman–Crippen MR) is 71.0 cm³/mol. The second-order valence-electron chi connectivity index (χ2n) is 4.07. The minimum Gasteiger partial charge on any atom is -0.481 e. The summed E-state index contributed by atoms with van der Waals surface area (Å²) in [6, 6.07) is 12.4. The molecule has 0 saturated heterocycles. The molecule has 0 saturated carbocycles. The second-order valence-corrected chi connectivity index (χ2v) is 4.07. The Morgan fingerprint density at radius 1 is 1.15 bits per heavy atom. The minimum absolute atomic E-state index is 0.0509. The van der Waals surface area contributed by atoms with Crippen molar-refractivity contribution in [2.45, 2.75) is 6.42 Å². The Bertz CT molecular complexity index is 636. The molecule has 20 heavy (non-hydrogen) atoms. The van der Waals surface area contributed by atoms with Gasteiger partial charge in [0.25, 0.3) is 5.69 Å². The average molecular weight is 273 g/mol. The van der Waals surface area contributed by atoms with Gasteiger partial charge in [0.15, 0.2) is 0 Å². The highest BCUT2D eigenvalue weighted by Gasteiger charge is 2.07. The Morgan fingerprint density at radius 3 is 2.45 bits per heavy atom. The number of hydrogen-bond acceptors (Lipinski definition) is 4. The third-order valence-electron chi connectivity index (χ3n) is 2.54. The van der Waals surface area contributed by atoms with E-state index >= 15 is 0 Å². The molecule has 102 valence electrons. The number of carboxylic acids is 1. The number of carbonyl (C=O) groups is 1. The quantitative estimate of drug-likeness (QED) is 0.668.